The van der Waals surface area contributed by atoms with E-state index in [1.807, 2.05) is 43.0 Å². The molecule has 4 rings (SSSR count). The molecule has 9 nitrogen and oxygen atoms in total. The molecule has 0 aliphatic carbocycles. The number of methoxy groups -OCH3 is 1. The fourth-order valence-electron chi connectivity index (χ4n) is 5.34. The van der Waals surface area contributed by atoms with E-state index in [1.165, 1.54) is 0 Å². The average Bonchev–Trinajstić information content (AvgIpc) is 3.26. The monoisotopic (exact) mass is 570 g/mol. The summed E-state index contributed by atoms with van der Waals surface area (Å²) in [6.07, 6.45) is -0.759. The van der Waals surface area contributed by atoms with E-state index >= 15 is 0 Å². The number of carbonyl (C=O) groups excluding carboxylic acids is 1. The van der Waals surface area contributed by atoms with Crippen LogP contribution in [0, 0.1) is 0 Å². The number of aromatic hydroxyl groups is 1. The lowest BCUT2D eigenvalue weighted by atomic mass is 9.98. The van der Waals surface area contributed by atoms with E-state index in [9.17, 15) is 9.90 Å². The van der Waals surface area contributed by atoms with E-state index in [-0.39, 0.29) is 23.6 Å². The number of amides is 1. The van der Waals surface area contributed by atoms with Crippen molar-refractivity contribution < 1.29 is 14.6 Å². The number of benzene rings is 2. The number of carbonyl (C=O) groups is 1. The maximum atomic E-state index is 13.5. The third-order valence-electron chi connectivity index (χ3n) is 7.58. The van der Waals surface area contributed by atoms with Gasteiger partial charge in [0.25, 0.3) is 5.91 Å². The van der Waals surface area contributed by atoms with Crippen LogP contribution in [0.1, 0.15) is 57.2 Å². The third kappa shape index (κ3) is 6.32. The Kier molecular flexibility index (Phi) is 9.48. The van der Waals surface area contributed by atoms with E-state index in [0.717, 1.165) is 56.1 Å². The minimum absolute atomic E-state index is 0.0252. The summed E-state index contributed by atoms with van der Waals surface area (Å²) in [5.41, 5.74) is 3.22. The Morgan fingerprint density at radius 2 is 1.80 bits per heavy atom. The summed E-state index contributed by atoms with van der Waals surface area (Å²) in [7, 11) is 3.35. The van der Waals surface area contributed by atoms with Gasteiger partial charge in [0.1, 0.15) is 11.5 Å². The van der Waals surface area contributed by atoms with E-state index in [1.54, 1.807) is 25.2 Å². The zero-order valence-corrected chi connectivity index (χ0v) is 25.5. The minimum atomic E-state index is -0.759. The number of piperazine rings is 1. The number of hydrogen-bond donors (Lipinski definition) is 2. The first-order valence-corrected chi connectivity index (χ1v) is 14.5. The van der Waals surface area contributed by atoms with Crippen molar-refractivity contribution in [2.24, 2.45) is 5.10 Å². The van der Waals surface area contributed by atoms with Crippen LogP contribution in [0.5, 0.6) is 11.5 Å². The van der Waals surface area contributed by atoms with Gasteiger partial charge in [-0.3, -0.25) is 19.6 Å². The number of rotatable bonds is 9. The number of nitrogens with zero attached hydrogens (tertiary/aromatic N) is 5. The number of likely N-dealkylation sites (N-methyl/N-ethyl adjacent to an activating group) is 2. The van der Waals surface area contributed by atoms with Gasteiger partial charge in [0.15, 0.2) is 5.84 Å². The van der Waals surface area contributed by atoms with Gasteiger partial charge >= 0.3 is 0 Å². The van der Waals surface area contributed by atoms with Crippen LogP contribution in [-0.2, 0) is 11.3 Å². The van der Waals surface area contributed by atoms with Crippen LogP contribution >= 0.6 is 11.6 Å². The highest BCUT2D eigenvalue weighted by Gasteiger charge is 2.40. The van der Waals surface area contributed by atoms with Crippen molar-refractivity contribution in [2.45, 2.75) is 59.3 Å². The fourth-order valence-corrected chi connectivity index (χ4v) is 5.57. The molecule has 0 saturated carbocycles. The van der Waals surface area contributed by atoms with Crippen molar-refractivity contribution in [3.63, 3.8) is 0 Å². The molecule has 2 aliphatic heterocycles. The zero-order valence-electron chi connectivity index (χ0n) is 24.7. The highest BCUT2D eigenvalue weighted by atomic mass is 35.5. The van der Waals surface area contributed by atoms with Crippen molar-refractivity contribution in [1.29, 1.82) is 0 Å². The highest BCUT2D eigenvalue weighted by molar-refractivity contribution is 6.32. The molecule has 2 aromatic carbocycles. The van der Waals surface area contributed by atoms with Crippen LogP contribution in [0.3, 0.4) is 0 Å². The predicted octanol–water partition coefficient (Wildman–Crippen LogP) is 4.28. The number of ether oxygens (including phenoxy) is 1. The van der Waals surface area contributed by atoms with Gasteiger partial charge in [0, 0.05) is 62.6 Å². The van der Waals surface area contributed by atoms with Gasteiger partial charge in [0.05, 0.1) is 12.7 Å². The number of phenols is 1. The van der Waals surface area contributed by atoms with Gasteiger partial charge in [-0.25, -0.2) is 0 Å². The van der Waals surface area contributed by atoms with Gasteiger partial charge in [-0.05, 0) is 55.6 Å². The summed E-state index contributed by atoms with van der Waals surface area (Å²) in [6, 6.07) is 9.37. The van der Waals surface area contributed by atoms with Crippen LogP contribution in [0.2, 0.25) is 5.02 Å². The first kappa shape index (κ1) is 30.0. The quantitative estimate of drug-likeness (QED) is 0.465. The number of anilines is 1. The number of hydrazone groups is 1. The SMILES string of the molecule is CCN1CCN(Cc2ccc(N3C(c4cc(C(C)C)c(OC)cc4O)=NN(C)C3C(=O)NC(C)C)cc2Cl)CC1. The van der Waals surface area contributed by atoms with Gasteiger partial charge in [0.2, 0.25) is 6.17 Å². The molecule has 1 unspecified atom stereocenters. The Balaban J connectivity index is 1.72. The smallest absolute Gasteiger partial charge is 0.265 e. The number of phenolic OH excluding ortho intramolecular Hbond substituents is 1. The second kappa shape index (κ2) is 12.7. The normalized spacial score (nSPS) is 18.6. The fraction of sp³-hybridized carbons (Fsp3) is 0.533. The number of halogens is 1. The summed E-state index contributed by atoms with van der Waals surface area (Å²) in [4.78, 5) is 20.2. The molecule has 218 valence electrons. The van der Waals surface area contributed by atoms with Crippen molar-refractivity contribution in [1.82, 2.24) is 20.1 Å². The van der Waals surface area contributed by atoms with Gasteiger partial charge in [-0.15, -0.1) is 0 Å². The first-order valence-electron chi connectivity index (χ1n) is 14.1. The Hall–Kier alpha value is -3.01. The van der Waals surface area contributed by atoms with Crippen molar-refractivity contribution in [3.8, 4) is 11.5 Å². The molecule has 10 heteroatoms. The Bertz CT molecular complexity index is 1240. The van der Waals surface area contributed by atoms with Crippen LogP contribution < -0.4 is 15.0 Å². The van der Waals surface area contributed by atoms with Crippen LogP contribution in [0.4, 0.5) is 5.69 Å². The molecule has 0 bridgehead atoms. The molecule has 1 amide bonds. The van der Waals surface area contributed by atoms with E-state index in [0.29, 0.717) is 22.2 Å². The zero-order chi connectivity index (χ0) is 29.1. The Labute approximate surface area is 243 Å². The molecule has 2 heterocycles. The molecule has 0 radical (unpaired) electrons. The second-order valence-corrected chi connectivity index (χ2v) is 11.6. The standard InChI is InChI=1S/C30H43ClN6O3/c1-8-35-11-13-36(14-12-35)18-21-9-10-22(15-25(21)31)37-28(33-34(6)30(37)29(39)32-20(4)5)24-16-23(19(2)3)27(40-7)17-26(24)38/h9-10,15-17,19-20,30,38H,8,11-14,18H2,1-7H3,(H,32,39). The van der Waals surface area contributed by atoms with Crippen LogP contribution in [-0.4, -0.2) is 90.7 Å². The minimum Gasteiger partial charge on any atom is -0.507 e. The predicted molar refractivity (Wildman–Crippen MR) is 161 cm³/mol. The highest BCUT2D eigenvalue weighted by Crippen LogP contribution is 2.38. The molecule has 40 heavy (non-hydrogen) atoms. The summed E-state index contributed by atoms with van der Waals surface area (Å²) in [6.45, 7) is 16.2. The van der Waals surface area contributed by atoms with Crippen LogP contribution in [0.15, 0.2) is 35.4 Å². The Morgan fingerprint density at radius 3 is 2.38 bits per heavy atom. The molecule has 2 aliphatic rings. The summed E-state index contributed by atoms with van der Waals surface area (Å²) in [5.74, 6) is 1.05. The van der Waals surface area contributed by atoms with Crippen molar-refractivity contribution >= 4 is 29.0 Å². The molecule has 1 saturated heterocycles. The van der Waals surface area contributed by atoms with E-state index in [2.05, 4.69) is 35.9 Å². The summed E-state index contributed by atoms with van der Waals surface area (Å²) in [5, 5.41) is 21.1. The first-order chi connectivity index (χ1) is 19.0. The van der Waals surface area contributed by atoms with E-state index in [4.69, 9.17) is 21.4 Å². The molecule has 1 fully saturated rings. The number of amidine groups is 1. The lowest BCUT2D eigenvalue weighted by molar-refractivity contribution is -0.125. The second-order valence-electron chi connectivity index (χ2n) is 11.2. The van der Waals surface area contributed by atoms with Gasteiger partial charge in [-0.2, -0.15) is 5.10 Å². The molecule has 2 aromatic rings. The van der Waals surface area contributed by atoms with Crippen molar-refractivity contribution in [3.05, 3.63) is 52.0 Å². The molecule has 1 atom stereocenters. The largest absolute Gasteiger partial charge is 0.507 e. The number of nitrogens with one attached hydrogen (secondary N) is 1. The van der Waals surface area contributed by atoms with Crippen LogP contribution in [0.25, 0.3) is 0 Å². The molecule has 2 N–H and O–H groups in total. The topological polar surface area (TPSA) is 83.9 Å². The lowest BCUT2D eigenvalue weighted by Gasteiger charge is -2.34. The van der Waals surface area contributed by atoms with Crippen molar-refractivity contribution in [2.75, 3.05) is 51.8 Å². The maximum absolute atomic E-state index is 13.5. The lowest BCUT2D eigenvalue weighted by Crippen LogP contribution is -2.53. The summed E-state index contributed by atoms with van der Waals surface area (Å²) >= 11 is 6.88. The average molecular weight is 571 g/mol. The molecular weight excluding hydrogens is 528 g/mol. The summed E-state index contributed by atoms with van der Waals surface area (Å²) < 4.78 is 5.53. The van der Waals surface area contributed by atoms with E-state index < -0.39 is 6.17 Å². The molecule has 0 spiro atoms. The van der Waals surface area contributed by atoms with Gasteiger partial charge < -0.3 is 20.1 Å². The maximum Gasteiger partial charge on any atom is 0.265 e. The molecule has 0 aromatic heterocycles. The molecular formula is C30H43ClN6O3. The van der Waals surface area contributed by atoms with Gasteiger partial charge in [-0.1, -0.05) is 38.4 Å². The number of hydrogen-bond acceptors (Lipinski definition) is 8. The Morgan fingerprint density at radius 1 is 1.12 bits per heavy atom. The third-order valence-corrected chi connectivity index (χ3v) is 7.93.